The van der Waals surface area contributed by atoms with E-state index in [2.05, 4.69) is 18.7 Å². The van der Waals surface area contributed by atoms with Crippen molar-refractivity contribution in [1.82, 2.24) is 9.21 Å². The van der Waals surface area contributed by atoms with Gasteiger partial charge in [0.15, 0.2) is 0 Å². The molecule has 0 aromatic carbocycles. The Morgan fingerprint density at radius 2 is 1.56 bits per heavy atom. The molecule has 2 fully saturated rings. The van der Waals surface area contributed by atoms with Crippen LogP contribution in [0.2, 0.25) is 0 Å². The predicted octanol–water partition coefficient (Wildman–Crippen LogP) is 0.895. The minimum atomic E-state index is -3.03. The van der Waals surface area contributed by atoms with Gasteiger partial charge in [0.1, 0.15) is 0 Å². The zero-order chi connectivity index (χ0) is 12.0. The average molecular weight is 246 g/mol. The highest BCUT2D eigenvalue weighted by Crippen LogP contribution is 2.44. The first-order chi connectivity index (χ1) is 7.37. The van der Waals surface area contributed by atoms with Crippen LogP contribution in [0.4, 0.5) is 0 Å². The van der Waals surface area contributed by atoms with E-state index >= 15 is 0 Å². The zero-order valence-electron chi connectivity index (χ0n) is 10.4. The van der Waals surface area contributed by atoms with Crippen LogP contribution in [0.3, 0.4) is 0 Å². The summed E-state index contributed by atoms with van der Waals surface area (Å²) in [5, 5.41) is 0. The Labute approximate surface area is 98.7 Å². The average Bonchev–Trinajstić information content (AvgIpc) is 2.98. The zero-order valence-corrected chi connectivity index (χ0v) is 11.3. The van der Waals surface area contributed by atoms with E-state index in [1.807, 2.05) is 6.92 Å². The standard InChI is InChI=1S/C11H22N2O2S/c1-10(2)12-6-8-13(9-7-12)16(14,15)11(3)4-5-11/h10H,4-9H2,1-3H3. The van der Waals surface area contributed by atoms with E-state index in [1.165, 1.54) is 0 Å². The smallest absolute Gasteiger partial charge is 0.219 e. The van der Waals surface area contributed by atoms with Crippen LogP contribution in [0.1, 0.15) is 33.6 Å². The molecule has 5 heteroatoms. The van der Waals surface area contributed by atoms with Crippen molar-refractivity contribution in [2.45, 2.75) is 44.4 Å². The van der Waals surface area contributed by atoms with Crippen LogP contribution in [0.5, 0.6) is 0 Å². The second-order valence-electron chi connectivity index (χ2n) is 5.48. The Morgan fingerprint density at radius 1 is 1.06 bits per heavy atom. The maximum atomic E-state index is 12.3. The minimum Gasteiger partial charge on any atom is -0.298 e. The molecule has 1 heterocycles. The van der Waals surface area contributed by atoms with Gasteiger partial charge in [-0.15, -0.1) is 0 Å². The molecule has 0 bridgehead atoms. The van der Waals surface area contributed by atoms with Crippen LogP contribution in [-0.2, 0) is 10.0 Å². The summed E-state index contributed by atoms with van der Waals surface area (Å²) in [6.45, 7) is 9.25. The Bertz CT molecular complexity index is 352. The van der Waals surface area contributed by atoms with Crippen LogP contribution in [0.15, 0.2) is 0 Å². The molecule has 0 aromatic rings. The first-order valence-corrected chi connectivity index (χ1v) is 7.55. The van der Waals surface area contributed by atoms with E-state index in [-0.39, 0.29) is 0 Å². The number of sulfonamides is 1. The van der Waals surface area contributed by atoms with Crippen LogP contribution in [0, 0.1) is 0 Å². The highest BCUT2D eigenvalue weighted by Gasteiger charge is 2.52. The monoisotopic (exact) mass is 246 g/mol. The summed E-state index contributed by atoms with van der Waals surface area (Å²) in [5.74, 6) is 0. The lowest BCUT2D eigenvalue weighted by Gasteiger charge is -2.37. The molecule has 2 rings (SSSR count). The van der Waals surface area contributed by atoms with Gasteiger partial charge in [0.2, 0.25) is 10.0 Å². The lowest BCUT2D eigenvalue weighted by atomic mass is 10.3. The Kier molecular flexibility index (Phi) is 3.05. The third kappa shape index (κ3) is 2.00. The lowest BCUT2D eigenvalue weighted by Crippen LogP contribution is -2.52. The molecule has 4 nitrogen and oxygen atoms in total. The van der Waals surface area contributed by atoms with E-state index < -0.39 is 14.8 Å². The van der Waals surface area contributed by atoms with Crippen LogP contribution < -0.4 is 0 Å². The van der Waals surface area contributed by atoms with Gasteiger partial charge >= 0.3 is 0 Å². The van der Waals surface area contributed by atoms with Gasteiger partial charge in [-0.3, -0.25) is 4.90 Å². The molecule has 1 aliphatic heterocycles. The number of nitrogens with zero attached hydrogens (tertiary/aromatic N) is 2. The largest absolute Gasteiger partial charge is 0.298 e. The summed E-state index contributed by atoms with van der Waals surface area (Å²) in [4.78, 5) is 2.33. The summed E-state index contributed by atoms with van der Waals surface area (Å²) in [6.07, 6.45) is 1.67. The van der Waals surface area contributed by atoms with Crippen LogP contribution in [-0.4, -0.2) is 54.6 Å². The maximum Gasteiger partial charge on any atom is 0.219 e. The fourth-order valence-corrected chi connectivity index (χ4v) is 4.09. The molecule has 1 saturated carbocycles. The van der Waals surface area contributed by atoms with E-state index in [0.29, 0.717) is 19.1 Å². The summed E-state index contributed by atoms with van der Waals surface area (Å²) in [6, 6.07) is 0.515. The quantitative estimate of drug-likeness (QED) is 0.743. The molecular weight excluding hydrogens is 224 g/mol. The van der Waals surface area contributed by atoms with Crippen molar-refractivity contribution < 1.29 is 8.42 Å². The van der Waals surface area contributed by atoms with E-state index in [1.54, 1.807) is 4.31 Å². The fraction of sp³-hybridized carbons (Fsp3) is 1.00. The molecular formula is C11H22N2O2S. The molecule has 0 amide bonds. The second-order valence-corrected chi connectivity index (χ2v) is 7.94. The van der Waals surface area contributed by atoms with Gasteiger partial charge in [-0.2, -0.15) is 4.31 Å². The minimum absolute atomic E-state index is 0.437. The van der Waals surface area contributed by atoms with E-state index in [9.17, 15) is 8.42 Å². The second kappa shape index (κ2) is 3.96. The molecule has 0 N–H and O–H groups in total. The molecule has 2 aliphatic rings. The number of piperazine rings is 1. The lowest BCUT2D eigenvalue weighted by molar-refractivity contribution is 0.153. The van der Waals surface area contributed by atoms with Gasteiger partial charge < -0.3 is 0 Å². The van der Waals surface area contributed by atoms with Crippen LogP contribution >= 0.6 is 0 Å². The summed E-state index contributed by atoms with van der Waals surface area (Å²) in [5.41, 5.74) is 0. The maximum absolute atomic E-state index is 12.3. The van der Waals surface area contributed by atoms with Crippen LogP contribution in [0.25, 0.3) is 0 Å². The number of rotatable bonds is 3. The topological polar surface area (TPSA) is 40.6 Å². The third-order valence-electron chi connectivity index (χ3n) is 3.92. The molecule has 0 spiro atoms. The summed E-state index contributed by atoms with van der Waals surface area (Å²) >= 11 is 0. The molecule has 94 valence electrons. The van der Waals surface area contributed by atoms with Gasteiger partial charge in [-0.05, 0) is 33.6 Å². The van der Waals surface area contributed by atoms with Crippen molar-refractivity contribution in [1.29, 1.82) is 0 Å². The van der Waals surface area contributed by atoms with E-state index in [0.717, 1.165) is 25.9 Å². The number of hydrogen-bond donors (Lipinski definition) is 0. The molecule has 1 aliphatic carbocycles. The molecule has 0 aromatic heterocycles. The summed E-state index contributed by atoms with van der Waals surface area (Å²) in [7, 11) is -3.03. The van der Waals surface area contributed by atoms with Gasteiger partial charge in [0.25, 0.3) is 0 Å². The SMILES string of the molecule is CC(C)N1CCN(S(=O)(=O)C2(C)CC2)CC1. The number of hydrogen-bond acceptors (Lipinski definition) is 3. The van der Waals surface area contributed by atoms with Crippen molar-refractivity contribution in [3.63, 3.8) is 0 Å². The summed E-state index contributed by atoms with van der Waals surface area (Å²) < 4.78 is 25.8. The highest BCUT2D eigenvalue weighted by atomic mass is 32.2. The van der Waals surface area contributed by atoms with Gasteiger partial charge in [0.05, 0.1) is 4.75 Å². The highest BCUT2D eigenvalue weighted by molar-refractivity contribution is 7.90. The van der Waals surface area contributed by atoms with Crippen molar-refractivity contribution >= 4 is 10.0 Å². The van der Waals surface area contributed by atoms with Crippen molar-refractivity contribution in [3.05, 3.63) is 0 Å². The molecule has 0 atom stereocenters. The molecule has 16 heavy (non-hydrogen) atoms. The van der Waals surface area contributed by atoms with Crippen molar-refractivity contribution in [2.75, 3.05) is 26.2 Å². The van der Waals surface area contributed by atoms with Gasteiger partial charge in [-0.1, -0.05) is 0 Å². The van der Waals surface area contributed by atoms with Crippen molar-refractivity contribution in [3.8, 4) is 0 Å². The molecule has 0 radical (unpaired) electrons. The normalized spacial score (nSPS) is 27.2. The molecule has 1 saturated heterocycles. The Hall–Kier alpha value is -0.130. The molecule has 0 unspecified atom stereocenters. The first kappa shape index (κ1) is 12.3. The third-order valence-corrected chi connectivity index (χ3v) is 6.62. The first-order valence-electron chi connectivity index (χ1n) is 6.10. The van der Waals surface area contributed by atoms with Gasteiger partial charge in [0, 0.05) is 32.2 Å². The van der Waals surface area contributed by atoms with Gasteiger partial charge in [-0.25, -0.2) is 8.42 Å². The Balaban J connectivity index is 1.99. The van der Waals surface area contributed by atoms with E-state index in [4.69, 9.17) is 0 Å². The van der Waals surface area contributed by atoms with Crippen molar-refractivity contribution in [2.24, 2.45) is 0 Å². The Morgan fingerprint density at radius 3 is 1.94 bits per heavy atom. The fourth-order valence-electron chi connectivity index (χ4n) is 2.21. The predicted molar refractivity (Wildman–Crippen MR) is 64.8 cm³/mol.